The van der Waals surface area contributed by atoms with Gasteiger partial charge < -0.3 is 10.6 Å². The standard InChI is InChI=1S/C18H30N4O2S2/c1-2-19-18(20-10-6-9-17-7-4-3-5-8-17)21-11-16-26(23,24)22-12-14-25-15-13-22/h3-5,7-8H,2,6,9-16H2,1H3,(H2,19,20,21). The Labute approximate surface area is 161 Å². The van der Waals surface area contributed by atoms with Gasteiger partial charge in [0.15, 0.2) is 5.96 Å². The van der Waals surface area contributed by atoms with Crippen molar-refractivity contribution in [2.24, 2.45) is 4.99 Å². The van der Waals surface area contributed by atoms with Gasteiger partial charge in [0.2, 0.25) is 10.0 Å². The summed E-state index contributed by atoms with van der Waals surface area (Å²) >= 11 is 1.81. The van der Waals surface area contributed by atoms with Crippen LogP contribution in [-0.2, 0) is 16.4 Å². The van der Waals surface area contributed by atoms with Crippen molar-refractivity contribution in [2.45, 2.75) is 19.8 Å². The summed E-state index contributed by atoms with van der Waals surface area (Å²) in [6, 6.07) is 10.4. The minimum Gasteiger partial charge on any atom is -0.357 e. The minimum absolute atomic E-state index is 0.103. The number of hydrogen-bond donors (Lipinski definition) is 2. The van der Waals surface area contributed by atoms with Gasteiger partial charge in [0.1, 0.15) is 0 Å². The molecular formula is C18H30N4O2S2. The smallest absolute Gasteiger partial charge is 0.215 e. The van der Waals surface area contributed by atoms with Crippen molar-refractivity contribution < 1.29 is 8.42 Å². The molecule has 0 aromatic heterocycles. The summed E-state index contributed by atoms with van der Waals surface area (Å²) in [5.74, 6) is 2.56. The first-order chi connectivity index (χ1) is 12.6. The largest absolute Gasteiger partial charge is 0.357 e. The number of nitrogens with zero attached hydrogens (tertiary/aromatic N) is 2. The topological polar surface area (TPSA) is 73.8 Å². The zero-order chi connectivity index (χ0) is 18.7. The summed E-state index contributed by atoms with van der Waals surface area (Å²) in [6.07, 6.45) is 1.95. The summed E-state index contributed by atoms with van der Waals surface area (Å²) < 4.78 is 26.3. The Bertz CT molecular complexity index is 644. The molecule has 1 aromatic carbocycles. The van der Waals surface area contributed by atoms with Crippen LogP contribution < -0.4 is 10.6 Å². The fraction of sp³-hybridized carbons (Fsp3) is 0.611. The third-order valence-electron chi connectivity index (χ3n) is 4.10. The van der Waals surface area contributed by atoms with Crippen LogP contribution in [0.4, 0.5) is 0 Å². The average Bonchev–Trinajstić information content (AvgIpc) is 2.66. The van der Waals surface area contributed by atoms with Crippen LogP contribution in [0, 0.1) is 0 Å². The molecule has 1 saturated heterocycles. The van der Waals surface area contributed by atoms with Gasteiger partial charge >= 0.3 is 0 Å². The van der Waals surface area contributed by atoms with Crippen molar-refractivity contribution >= 4 is 27.7 Å². The normalized spacial score (nSPS) is 16.4. The molecule has 0 saturated carbocycles. The Balaban J connectivity index is 1.74. The Kier molecular flexibility index (Phi) is 9.28. The fourth-order valence-corrected chi connectivity index (χ4v) is 5.20. The summed E-state index contributed by atoms with van der Waals surface area (Å²) in [5, 5.41) is 6.32. The van der Waals surface area contributed by atoms with Crippen LogP contribution in [0.3, 0.4) is 0 Å². The number of sulfonamides is 1. The molecule has 0 spiro atoms. The molecule has 1 fully saturated rings. The van der Waals surface area contributed by atoms with Crippen molar-refractivity contribution in [3.8, 4) is 0 Å². The minimum atomic E-state index is -3.18. The maximum atomic E-state index is 12.4. The van der Waals surface area contributed by atoms with E-state index in [1.807, 2.05) is 36.9 Å². The molecule has 0 radical (unpaired) electrons. The Hall–Kier alpha value is -1.25. The van der Waals surface area contributed by atoms with Gasteiger partial charge in [-0.3, -0.25) is 4.99 Å². The highest BCUT2D eigenvalue weighted by molar-refractivity contribution is 7.99. The van der Waals surface area contributed by atoms with Crippen LogP contribution >= 0.6 is 11.8 Å². The van der Waals surface area contributed by atoms with E-state index in [9.17, 15) is 8.42 Å². The van der Waals surface area contributed by atoms with Gasteiger partial charge in [-0.15, -0.1) is 0 Å². The first kappa shape index (κ1) is 21.1. The van der Waals surface area contributed by atoms with Gasteiger partial charge in [0.05, 0.1) is 5.75 Å². The van der Waals surface area contributed by atoms with Crippen LogP contribution in [0.25, 0.3) is 0 Å². The zero-order valence-electron chi connectivity index (χ0n) is 15.5. The average molecular weight is 399 g/mol. The summed E-state index contributed by atoms with van der Waals surface area (Å²) in [6.45, 7) is 5.09. The molecule has 1 aliphatic heterocycles. The van der Waals surface area contributed by atoms with E-state index in [0.29, 0.717) is 32.1 Å². The van der Waals surface area contributed by atoms with Gasteiger partial charge in [0.25, 0.3) is 0 Å². The summed E-state index contributed by atoms with van der Waals surface area (Å²) in [5.41, 5.74) is 1.31. The summed E-state index contributed by atoms with van der Waals surface area (Å²) in [4.78, 5) is 4.54. The molecule has 2 N–H and O–H groups in total. The van der Waals surface area contributed by atoms with E-state index in [-0.39, 0.29) is 5.75 Å². The van der Waals surface area contributed by atoms with Crippen molar-refractivity contribution in [2.75, 3.05) is 50.0 Å². The van der Waals surface area contributed by atoms with Crippen molar-refractivity contribution in [1.29, 1.82) is 0 Å². The highest BCUT2D eigenvalue weighted by Crippen LogP contribution is 2.12. The SMILES string of the molecule is CCNC(=NCCCc1ccccc1)NCCS(=O)(=O)N1CCSCC1. The maximum absolute atomic E-state index is 12.4. The van der Waals surface area contributed by atoms with Gasteiger partial charge in [-0.05, 0) is 25.3 Å². The fourth-order valence-electron chi connectivity index (χ4n) is 2.71. The van der Waals surface area contributed by atoms with Crippen LogP contribution in [0.1, 0.15) is 18.9 Å². The molecule has 0 bridgehead atoms. The van der Waals surface area contributed by atoms with E-state index in [4.69, 9.17) is 0 Å². The molecule has 6 nitrogen and oxygen atoms in total. The van der Waals surface area contributed by atoms with Crippen molar-refractivity contribution in [3.63, 3.8) is 0 Å². The second-order valence-corrected chi connectivity index (χ2v) is 9.42. The van der Waals surface area contributed by atoms with E-state index in [2.05, 4.69) is 27.8 Å². The van der Waals surface area contributed by atoms with E-state index < -0.39 is 10.0 Å². The van der Waals surface area contributed by atoms with Crippen LogP contribution in [0.15, 0.2) is 35.3 Å². The molecular weight excluding hydrogens is 368 g/mol. The number of thioether (sulfide) groups is 1. The number of nitrogens with one attached hydrogen (secondary N) is 2. The number of hydrogen-bond acceptors (Lipinski definition) is 4. The molecule has 0 atom stereocenters. The summed E-state index contributed by atoms with van der Waals surface area (Å²) in [7, 11) is -3.18. The van der Waals surface area contributed by atoms with Crippen molar-refractivity contribution in [1.82, 2.24) is 14.9 Å². The second kappa shape index (κ2) is 11.5. The quantitative estimate of drug-likeness (QED) is 0.375. The van der Waals surface area contributed by atoms with E-state index in [1.54, 1.807) is 4.31 Å². The third kappa shape index (κ3) is 7.55. The number of aliphatic imine (C=N–C) groups is 1. The molecule has 0 amide bonds. The van der Waals surface area contributed by atoms with Crippen LogP contribution in [0.5, 0.6) is 0 Å². The van der Waals surface area contributed by atoms with Crippen LogP contribution in [-0.4, -0.2) is 68.7 Å². The maximum Gasteiger partial charge on any atom is 0.215 e. The second-order valence-electron chi connectivity index (χ2n) is 6.10. The van der Waals surface area contributed by atoms with Gasteiger partial charge in [-0.25, -0.2) is 12.7 Å². The first-order valence-electron chi connectivity index (χ1n) is 9.23. The Morgan fingerprint density at radius 2 is 1.92 bits per heavy atom. The third-order valence-corrected chi connectivity index (χ3v) is 6.91. The molecule has 0 unspecified atom stereocenters. The van der Waals surface area contributed by atoms with Gasteiger partial charge in [-0.2, -0.15) is 11.8 Å². The molecule has 2 rings (SSSR count). The lowest BCUT2D eigenvalue weighted by molar-refractivity contribution is 0.443. The molecule has 1 aromatic rings. The lowest BCUT2D eigenvalue weighted by atomic mass is 10.1. The highest BCUT2D eigenvalue weighted by Gasteiger charge is 2.23. The zero-order valence-corrected chi connectivity index (χ0v) is 17.1. The molecule has 1 heterocycles. The van der Waals surface area contributed by atoms with Crippen molar-refractivity contribution in [3.05, 3.63) is 35.9 Å². The van der Waals surface area contributed by atoms with Gasteiger partial charge in [-0.1, -0.05) is 30.3 Å². The predicted octanol–water partition coefficient (Wildman–Crippen LogP) is 1.55. The number of benzene rings is 1. The number of guanidine groups is 1. The molecule has 1 aliphatic rings. The first-order valence-corrected chi connectivity index (χ1v) is 12.0. The lowest BCUT2D eigenvalue weighted by Gasteiger charge is -2.25. The predicted molar refractivity (Wildman–Crippen MR) is 111 cm³/mol. The Morgan fingerprint density at radius 1 is 1.19 bits per heavy atom. The Morgan fingerprint density at radius 3 is 2.62 bits per heavy atom. The van der Waals surface area contributed by atoms with Gasteiger partial charge in [0, 0.05) is 44.2 Å². The molecule has 146 valence electrons. The lowest BCUT2D eigenvalue weighted by Crippen LogP contribution is -2.44. The number of rotatable bonds is 9. The number of aryl methyl sites for hydroxylation is 1. The molecule has 0 aliphatic carbocycles. The highest BCUT2D eigenvalue weighted by atomic mass is 32.2. The van der Waals surface area contributed by atoms with E-state index in [0.717, 1.165) is 30.9 Å². The monoisotopic (exact) mass is 398 g/mol. The molecule has 8 heteroatoms. The van der Waals surface area contributed by atoms with Crippen LogP contribution in [0.2, 0.25) is 0 Å². The van der Waals surface area contributed by atoms with E-state index >= 15 is 0 Å². The molecule has 26 heavy (non-hydrogen) atoms. The van der Waals surface area contributed by atoms with E-state index in [1.165, 1.54) is 5.56 Å².